The molecule has 0 saturated carbocycles. The van der Waals surface area contributed by atoms with Crippen LogP contribution in [-0.2, 0) is 9.59 Å². The van der Waals surface area contributed by atoms with Gasteiger partial charge in [0.05, 0.1) is 0 Å². The number of carbonyl (C=O) groups excluding carboxylic acids is 2. The van der Waals surface area contributed by atoms with E-state index in [1.807, 2.05) is 11.2 Å². The quantitative estimate of drug-likeness (QED) is 0.780. The van der Waals surface area contributed by atoms with Gasteiger partial charge in [-0.3, -0.25) is 14.6 Å². The van der Waals surface area contributed by atoms with Crippen LogP contribution in [0.3, 0.4) is 0 Å². The third-order valence-electron chi connectivity index (χ3n) is 4.07. The van der Waals surface area contributed by atoms with Crippen molar-refractivity contribution in [1.29, 1.82) is 0 Å². The SMILES string of the molecule is CSCC[C@@H](NC(C)=O)C(=O)N1CCC(Oc2ccncc2Cl)CC1. The second-order valence-corrected chi connectivity index (χ2v) is 7.38. The number of likely N-dealkylation sites (tertiary alicyclic amines) is 1. The molecule has 0 bridgehead atoms. The highest BCUT2D eigenvalue weighted by Gasteiger charge is 2.29. The third kappa shape index (κ3) is 6.08. The highest BCUT2D eigenvalue weighted by Crippen LogP contribution is 2.26. The minimum absolute atomic E-state index is 0.00959. The first kappa shape index (κ1) is 19.8. The van der Waals surface area contributed by atoms with Gasteiger partial charge in [0.15, 0.2) is 0 Å². The molecule has 1 aromatic heterocycles. The molecule has 1 aliphatic heterocycles. The lowest BCUT2D eigenvalue weighted by Gasteiger charge is -2.34. The van der Waals surface area contributed by atoms with E-state index in [-0.39, 0.29) is 17.9 Å². The fourth-order valence-corrected chi connectivity index (χ4v) is 3.43. The lowest BCUT2D eigenvalue weighted by atomic mass is 10.1. The van der Waals surface area contributed by atoms with Gasteiger partial charge in [0.25, 0.3) is 0 Å². The standard InChI is InChI=1S/C17H24ClN3O3S/c1-12(22)20-15(6-10-25-2)17(23)21-8-4-13(5-9-21)24-16-3-7-19-11-14(16)18/h3,7,11,13,15H,4-6,8-10H2,1-2H3,(H,20,22)/t15-/m1/s1. The first-order valence-electron chi connectivity index (χ1n) is 8.32. The Balaban J connectivity index is 1.88. The number of rotatable bonds is 7. The molecule has 8 heteroatoms. The van der Waals surface area contributed by atoms with Gasteiger partial charge in [-0.15, -0.1) is 0 Å². The topological polar surface area (TPSA) is 71.5 Å². The Morgan fingerprint density at radius 3 is 2.80 bits per heavy atom. The Labute approximate surface area is 157 Å². The number of thioether (sulfide) groups is 1. The van der Waals surface area contributed by atoms with Crippen LogP contribution in [0.15, 0.2) is 18.5 Å². The first-order valence-corrected chi connectivity index (χ1v) is 10.1. The van der Waals surface area contributed by atoms with Crippen LogP contribution in [0, 0.1) is 0 Å². The molecule has 2 rings (SSSR count). The van der Waals surface area contributed by atoms with Gasteiger partial charge in [-0.25, -0.2) is 0 Å². The molecule has 1 aromatic rings. The number of amides is 2. The summed E-state index contributed by atoms with van der Waals surface area (Å²) in [6.07, 6.45) is 7.32. The second-order valence-electron chi connectivity index (χ2n) is 5.98. The number of halogens is 1. The van der Waals surface area contributed by atoms with Gasteiger partial charge < -0.3 is 15.0 Å². The van der Waals surface area contributed by atoms with Crippen molar-refractivity contribution in [3.05, 3.63) is 23.5 Å². The number of pyridine rings is 1. The van der Waals surface area contributed by atoms with E-state index in [1.54, 1.807) is 30.2 Å². The third-order valence-corrected chi connectivity index (χ3v) is 5.00. The number of nitrogens with zero attached hydrogens (tertiary/aromatic N) is 2. The van der Waals surface area contributed by atoms with Crippen LogP contribution in [0.1, 0.15) is 26.2 Å². The Morgan fingerprint density at radius 1 is 1.48 bits per heavy atom. The van der Waals surface area contributed by atoms with Gasteiger partial charge in [0.1, 0.15) is 22.9 Å². The summed E-state index contributed by atoms with van der Waals surface area (Å²) >= 11 is 7.73. The van der Waals surface area contributed by atoms with Crippen molar-refractivity contribution >= 4 is 35.2 Å². The summed E-state index contributed by atoms with van der Waals surface area (Å²) in [5.41, 5.74) is 0. The van der Waals surface area contributed by atoms with E-state index in [0.29, 0.717) is 30.3 Å². The molecule has 25 heavy (non-hydrogen) atoms. The highest BCUT2D eigenvalue weighted by molar-refractivity contribution is 7.98. The Hall–Kier alpha value is -1.47. The number of aromatic nitrogens is 1. The Kier molecular flexibility index (Phi) is 7.84. The smallest absolute Gasteiger partial charge is 0.245 e. The van der Waals surface area contributed by atoms with Crippen LogP contribution >= 0.6 is 23.4 Å². The molecule has 0 aromatic carbocycles. The van der Waals surface area contributed by atoms with Crippen LogP contribution in [0.25, 0.3) is 0 Å². The largest absolute Gasteiger partial charge is 0.489 e. The minimum atomic E-state index is -0.447. The summed E-state index contributed by atoms with van der Waals surface area (Å²) in [6, 6.07) is 1.30. The molecule has 0 aliphatic carbocycles. The molecule has 2 heterocycles. The fourth-order valence-electron chi connectivity index (χ4n) is 2.79. The zero-order chi connectivity index (χ0) is 18.2. The number of piperidine rings is 1. The predicted molar refractivity (Wildman–Crippen MR) is 100 cm³/mol. The molecular formula is C17H24ClN3O3S. The van der Waals surface area contributed by atoms with Gasteiger partial charge in [0.2, 0.25) is 11.8 Å². The van der Waals surface area contributed by atoms with Crippen molar-refractivity contribution < 1.29 is 14.3 Å². The summed E-state index contributed by atoms with van der Waals surface area (Å²) in [7, 11) is 0. The molecule has 1 N–H and O–H groups in total. The lowest BCUT2D eigenvalue weighted by molar-refractivity contribution is -0.137. The van der Waals surface area contributed by atoms with Crippen molar-refractivity contribution in [3.63, 3.8) is 0 Å². The van der Waals surface area contributed by atoms with Crippen LogP contribution in [0.5, 0.6) is 5.75 Å². The number of ether oxygens (including phenoxy) is 1. The molecule has 1 aliphatic rings. The zero-order valence-electron chi connectivity index (χ0n) is 14.5. The van der Waals surface area contributed by atoms with Crippen molar-refractivity contribution in [2.75, 3.05) is 25.1 Å². The summed E-state index contributed by atoms with van der Waals surface area (Å²) in [5.74, 6) is 1.27. The van der Waals surface area contributed by atoms with Gasteiger partial charge in [-0.05, 0) is 18.4 Å². The number of carbonyl (C=O) groups is 2. The van der Waals surface area contributed by atoms with Crippen molar-refractivity contribution in [2.45, 2.75) is 38.3 Å². The molecule has 0 spiro atoms. The Morgan fingerprint density at radius 2 is 2.20 bits per heavy atom. The van der Waals surface area contributed by atoms with Gasteiger partial charge in [-0.2, -0.15) is 11.8 Å². The highest BCUT2D eigenvalue weighted by atomic mass is 35.5. The fraction of sp³-hybridized carbons (Fsp3) is 0.588. The maximum atomic E-state index is 12.7. The second kappa shape index (κ2) is 9.87. The molecule has 6 nitrogen and oxygen atoms in total. The van der Waals surface area contributed by atoms with Crippen LogP contribution in [-0.4, -0.2) is 58.9 Å². The summed E-state index contributed by atoms with van der Waals surface area (Å²) in [4.78, 5) is 29.8. The van der Waals surface area contributed by atoms with E-state index in [4.69, 9.17) is 16.3 Å². The maximum absolute atomic E-state index is 12.7. The van der Waals surface area contributed by atoms with Crippen molar-refractivity contribution in [3.8, 4) is 5.75 Å². The Bertz CT molecular complexity index is 594. The van der Waals surface area contributed by atoms with Crippen molar-refractivity contribution in [1.82, 2.24) is 15.2 Å². The van der Waals surface area contributed by atoms with E-state index in [1.165, 1.54) is 6.92 Å². The number of hydrogen-bond donors (Lipinski definition) is 1. The van der Waals surface area contributed by atoms with Gasteiger partial charge in [-0.1, -0.05) is 11.6 Å². The molecule has 138 valence electrons. The van der Waals surface area contributed by atoms with E-state index in [9.17, 15) is 9.59 Å². The maximum Gasteiger partial charge on any atom is 0.245 e. The first-order chi connectivity index (χ1) is 12.0. The van der Waals surface area contributed by atoms with Crippen LogP contribution in [0.2, 0.25) is 5.02 Å². The van der Waals surface area contributed by atoms with E-state index in [0.717, 1.165) is 18.6 Å². The molecule has 2 amide bonds. The van der Waals surface area contributed by atoms with E-state index < -0.39 is 6.04 Å². The minimum Gasteiger partial charge on any atom is -0.489 e. The van der Waals surface area contributed by atoms with Gasteiger partial charge in [0, 0.05) is 51.3 Å². The molecule has 1 saturated heterocycles. The number of nitrogens with one attached hydrogen (secondary N) is 1. The predicted octanol–water partition coefficient (Wildman–Crippen LogP) is 2.36. The lowest BCUT2D eigenvalue weighted by Crippen LogP contribution is -2.51. The zero-order valence-corrected chi connectivity index (χ0v) is 16.1. The average Bonchev–Trinajstić information content (AvgIpc) is 2.60. The van der Waals surface area contributed by atoms with E-state index in [2.05, 4.69) is 10.3 Å². The summed E-state index contributed by atoms with van der Waals surface area (Å²) < 4.78 is 5.92. The summed E-state index contributed by atoms with van der Waals surface area (Å²) in [5, 5.41) is 3.26. The number of hydrogen-bond acceptors (Lipinski definition) is 5. The van der Waals surface area contributed by atoms with Crippen LogP contribution < -0.4 is 10.1 Å². The monoisotopic (exact) mass is 385 g/mol. The molecule has 0 unspecified atom stereocenters. The van der Waals surface area contributed by atoms with Crippen LogP contribution in [0.4, 0.5) is 0 Å². The normalized spacial score (nSPS) is 16.4. The van der Waals surface area contributed by atoms with Gasteiger partial charge >= 0.3 is 0 Å². The summed E-state index contributed by atoms with van der Waals surface area (Å²) in [6.45, 7) is 2.67. The van der Waals surface area contributed by atoms with Crippen molar-refractivity contribution in [2.24, 2.45) is 0 Å². The molecule has 1 fully saturated rings. The molecule has 0 radical (unpaired) electrons. The average molecular weight is 386 g/mol. The molecule has 1 atom stereocenters. The molecular weight excluding hydrogens is 362 g/mol. The van der Waals surface area contributed by atoms with E-state index >= 15 is 0 Å².